The molecule has 2 aromatic carbocycles. The Morgan fingerprint density at radius 3 is 2.65 bits per heavy atom. The number of fused-ring (bicyclic) bond motifs is 1. The summed E-state index contributed by atoms with van der Waals surface area (Å²) in [5.74, 6) is -0.720. The van der Waals surface area contributed by atoms with Gasteiger partial charge in [0.15, 0.2) is 0 Å². The van der Waals surface area contributed by atoms with Crippen LogP contribution in [-0.2, 0) is 22.9 Å². The van der Waals surface area contributed by atoms with Gasteiger partial charge in [-0.05, 0) is 57.2 Å². The number of rotatable bonds is 7. The topological polar surface area (TPSA) is 81.1 Å². The van der Waals surface area contributed by atoms with E-state index in [0.717, 1.165) is 16.8 Å². The summed E-state index contributed by atoms with van der Waals surface area (Å²) in [4.78, 5) is 18.0. The molecule has 180 valence electrons. The third kappa shape index (κ3) is 4.98. The quantitative estimate of drug-likeness (QED) is 0.546. The van der Waals surface area contributed by atoms with Crippen molar-refractivity contribution >= 4 is 10.0 Å². The number of aromatic nitrogens is 2. The summed E-state index contributed by atoms with van der Waals surface area (Å²) in [6.07, 6.45) is 3.11. The van der Waals surface area contributed by atoms with Crippen LogP contribution in [0.25, 0.3) is 11.1 Å². The van der Waals surface area contributed by atoms with E-state index in [-0.39, 0.29) is 29.1 Å². The molecule has 1 aromatic heterocycles. The second-order valence-corrected chi connectivity index (χ2v) is 11.1. The molecule has 1 N–H and O–H groups in total. The zero-order chi connectivity index (χ0) is 24.5. The smallest absolute Gasteiger partial charge is 0.257 e. The summed E-state index contributed by atoms with van der Waals surface area (Å²) in [6.45, 7) is 5.43. The van der Waals surface area contributed by atoms with Gasteiger partial charge in [-0.25, -0.2) is 22.5 Å². The monoisotopic (exact) mass is 483 g/mol. The number of sulfonamides is 1. The molecule has 0 radical (unpaired) electrons. The minimum atomic E-state index is -3.47. The first-order valence-electron chi connectivity index (χ1n) is 11.6. The fourth-order valence-corrected chi connectivity index (χ4v) is 5.58. The van der Waals surface area contributed by atoms with Crippen molar-refractivity contribution in [3.05, 3.63) is 87.9 Å². The number of nitrogens with one attached hydrogen (secondary N) is 1. The molecule has 8 heteroatoms. The Bertz CT molecular complexity index is 1350. The van der Waals surface area contributed by atoms with Crippen LogP contribution in [0.2, 0.25) is 0 Å². The lowest BCUT2D eigenvalue weighted by molar-refractivity contribution is 0.412. The lowest BCUT2D eigenvalue weighted by atomic mass is 9.78. The van der Waals surface area contributed by atoms with Crippen LogP contribution >= 0.6 is 0 Å². The average molecular weight is 484 g/mol. The van der Waals surface area contributed by atoms with Crippen LogP contribution in [0.3, 0.4) is 0 Å². The molecule has 1 aliphatic carbocycles. The average Bonchev–Trinajstić information content (AvgIpc) is 2.81. The van der Waals surface area contributed by atoms with Gasteiger partial charge >= 0.3 is 0 Å². The SMILES string of the molecule is CCS(=O)(=O)N[C@H]1CCc2ncn(C(C)C)c(=O)c2[C@H]1Cc1cccc(-c2ccccc2F)c1. The van der Waals surface area contributed by atoms with E-state index in [9.17, 15) is 17.6 Å². The van der Waals surface area contributed by atoms with Gasteiger partial charge in [0.25, 0.3) is 5.56 Å². The second kappa shape index (κ2) is 9.80. The molecule has 34 heavy (non-hydrogen) atoms. The number of halogens is 1. The van der Waals surface area contributed by atoms with Crippen LogP contribution in [-0.4, -0.2) is 29.8 Å². The molecule has 0 saturated heterocycles. The Morgan fingerprint density at radius 2 is 1.94 bits per heavy atom. The largest absolute Gasteiger partial charge is 0.296 e. The van der Waals surface area contributed by atoms with Crippen molar-refractivity contribution in [1.82, 2.24) is 14.3 Å². The fourth-order valence-electron chi connectivity index (χ4n) is 4.67. The Kier molecular flexibility index (Phi) is 7.00. The molecule has 0 aliphatic heterocycles. The van der Waals surface area contributed by atoms with Crippen LogP contribution in [0.1, 0.15) is 56.0 Å². The highest BCUT2D eigenvalue weighted by atomic mass is 32.2. The first-order chi connectivity index (χ1) is 16.2. The number of benzene rings is 2. The first kappa shape index (κ1) is 24.3. The van der Waals surface area contributed by atoms with Crippen LogP contribution < -0.4 is 10.3 Å². The molecule has 0 amide bonds. The highest BCUT2D eigenvalue weighted by Gasteiger charge is 2.35. The second-order valence-electron chi connectivity index (χ2n) is 9.07. The third-order valence-electron chi connectivity index (χ3n) is 6.50. The van der Waals surface area contributed by atoms with Crippen molar-refractivity contribution in [3.63, 3.8) is 0 Å². The lowest BCUT2D eigenvalue weighted by Crippen LogP contribution is -2.46. The number of hydrogen-bond donors (Lipinski definition) is 1. The molecule has 0 bridgehead atoms. The summed E-state index contributed by atoms with van der Waals surface area (Å²) < 4.78 is 43.7. The van der Waals surface area contributed by atoms with Crippen molar-refractivity contribution < 1.29 is 12.8 Å². The van der Waals surface area contributed by atoms with Crippen molar-refractivity contribution in [2.24, 2.45) is 0 Å². The van der Waals surface area contributed by atoms with Crippen molar-refractivity contribution in [2.75, 3.05) is 5.75 Å². The van der Waals surface area contributed by atoms with E-state index in [2.05, 4.69) is 9.71 Å². The van der Waals surface area contributed by atoms with Gasteiger partial charge in [-0.15, -0.1) is 0 Å². The number of hydrogen-bond acceptors (Lipinski definition) is 4. The first-order valence-corrected chi connectivity index (χ1v) is 13.3. The van der Waals surface area contributed by atoms with E-state index < -0.39 is 16.1 Å². The number of nitrogens with zero attached hydrogens (tertiary/aromatic N) is 2. The molecule has 0 saturated carbocycles. The summed E-state index contributed by atoms with van der Waals surface area (Å²) in [6, 6.07) is 13.7. The molecule has 1 aliphatic rings. The van der Waals surface area contributed by atoms with E-state index in [1.165, 1.54) is 6.07 Å². The molecular weight excluding hydrogens is 453 g/mol. The highest BCUT2D eigenvalue weighted by molar-refractivity contribution is 7.89. The lowest BCUT2D eigenvalue weighted by Gasteiger charge is -2.33. The van der Waals surface area contributed by atoms with E-state index in [4.69, 9.17) is 0 Å². The van der Waals surface area contributed by atoms with Crippen molar-refractivity contribution in [3.8, 4) is 11.1 Å². The third-order valence-corrected chi connectivity index (χ3v) is 7.92. The Labute approximate surface area is 199 Å². The van der Waals surface area contributed by atoms with Gasteiger partial charge in [0.05, 0.1) is 17.8 Å². The Morgan fingerprint density at radius 1 is 1.18 bits per heavy atom. The van der Waals surface area contributed by atoms with E-state index in [1.807, 2.05) is 38.1 Å². The molecule has 0 unspecified atom stereocenters. The van der Waals surface area contributed by atoms with Gasteiger partial charge < -0.3 is 0 Å². The zero-order valence-corrected chi connectivity index (χ0v) is 20.5. The highest BCUT2D eigenvalue weighted by Crippen LogP contribution is 2.33. The van der Waals surface area contributed by atoms with Gasteiger partial charge in [0, 0.05) is 29.1 Å². The van der Waals surface area contributed by atoms with Crippen molar-refractivity contribution in [2.45, 2.75) is 58.0 Å². The summed E-state index contributed by atoms with van der Waals surface area (Å²) in [5.41, 5.74) is 3.31. The van der Waals surface area contributed by atoms with Crippen LogP contribution in [0, 0.1) is 5.82 Å². The Hall–Kier alpha value is -2.84. The van der Waals surface area contributed by atoms with E-state index in [1.54, 1.807) is 36.0 Å². The molecule has 1 heterocycles. The van der Waals surface area contributed by atoms with Gasteiger partial charge in [-0.3, -0.25) is 9.36 Å². The van der Waals surface area contributed by atoms with Crippen LogP contribution in [0.4, 0.5) is 4.39 Å². The molecule has 2 atom stereocenters. The van der Waals surface area contributed by atoms with Gasteiger partial charge in [-0.1, -0.05) is 42.5 Å². The normalized spacial score (nSPS) is 18.1. The van der Waals surface area contributed by atoms with Gasteiger partial charge in [-0.2, -0.15) is 0 Å². The molecule has 6 nitrogen and oxygen atoms in total. The summed E-state index contributed by atoms with van der Waals surface area (Å²) in [7, 11) is -3.47. The summed E-state index contributed by atoms with van der Waals surface area (Å²) in [5, 5.41) is 0. The number of aryl methyl sites for hydroxylation is 1. The predicted molar refractivity (Wildman–Crippen MR) is 132 cm³/mol. The van der Waals surface area contributed by atoms with Crippen LogP contribution in [0.15, 0.2) is 59.7 Å². The summed E-state index contributed by atoms with van der Waals surface area (Å²) >= 11 is 0. The van der Waals surface area contributed by atoms with E-state index in [0.29, 0.717) is 30.4 Å². The Balaban J connectivity index is 1.79. The maximum atomic E-state index is 14.4. The maximum absolute atomic E-state index is 14.4. The maximum Gasteiger partial charge on any atom is 0.257 e. The van der Waals surface area contributed by atoms with Crippen molar-refractivity contribution in [1.29, 1.82) is 0 Å². The standard InChI is InChI=1S/C26H30FN3O3S/c1-4-34(32,33)29-23-12-13-24-25(26(31)30(16-28-24)17(2)3)21(23)15-18-8-7-9-19(14-18)20-10-5-6-11-22(20)27/h5-11,14,16-17,21,23,29H,4,12-13,15H2,1-3H3/t21-,23-/m0/s1. The molecule has 0 spiro atoms. The van der Waals surface area contributed by atoms with E-state index >= 15 is 0 Å². The van der Waals surface area contributed by atoms with Crippen LogP contribution in [0.5, 0.6) is 0 Å². The molecule has 0 fully saturated rings. The molecule has 4 rings (SSSR count). The predicted octanol–water partition coefficient (Wildman–Crippen LogP) is 4.21. The minimum absolute atomic E-state index is 0.0326. The van der Waals surface area contributed by atoms with Gasteiger partial charge in [0.1, 0.15) is 5.82 Å². The molecular formula is C26H30FN3O3S. The van der Waals surface area contributed by atoms with Gasteiger partial charge in [0.2, 0.25) is 10.0 Å². The molecule has 3 aromatic rings. The fraction of sp³-hybridized carbons (Fsp3) is 0.385. The zero-order valence-electron chi connectivity index (χ0n) is 19.7. The minimum Gasteiger partial charge on any atom is -0.296 e.